The number of pyridine rings is 1. The number of aromatic nitrogens is 2. The first-order valence-corrected chi connectivity index (χ1v) is 7.51. The van der Waals surface area contributed by atoms with Crippen molar-refractivity contribution in [3.63, 3.8) is 0 Å². The number of carbonyl (C=O) groups is 1. The lowest BCUT2D eigenvalue weighted by Crippen LogP contribution is -2.42. The van der Waals surface area contributed by atoms with Gasteiger partial charge in [0.2, 0.25) is 0 Å². The molecular formula is C16H20N4O3. The minimum atomic E-state index is -0.236. The van der Waals surface area contributed by atoms with Crippen LogP contribution in [0.25, 0.3) is 0 Å². The maximum atomic E-state index is 12.6. The van der Waals surface area contributed by atoms with Crippen LogP contribution in [0.15, 0.2) is 29.0 Å². The number of rotatable bonds is 3. The molecular weight excluding hydrogens is 296 g/mol. The standard InChI is InChI=1S/C16H20N4O3/c1-11-15(17-10-23-11)16(21)20-7-8-22-13(9-20)12-5-4-6-14(18-12)19(2)3/h4-6,10,13H,7-9H2,1-3H3/t13-/m1/s1. The average molecular weight is 316 g/mol. The molecule has 2 aromatic heterocycles. The molecule has 1 atom stereocenters. The van der Waals surface area contributed by atoms with Crippen molar-refractivity contribution in [3.8, 4) is 0 Å². The Kier molecular flexibility index (Phi) is 4.29. The van der Waals surface area contributed by atoms with Gasteiger partial charge in [0, 0.05) is 20.6 Å². The predicted molar refractivity (Wildman–Crippen MR) is 84.4 cm³/mol. The SMILES string of the molecule is Cc1ocnc1C(=O)N1CCO[C@@H](c2cccc(N(C)C)n2)C1. The highest BCUT2D eigenvalue weighted by Crippen LogP contribution is 2.23. The number of hydrogen-bond donors (Lipinski definition) is 0. The minimum Gasteiger partial charge on any atom is -0.448 e. The van der Waals surface area contributed by atoms with E-state index in [1.807, 2.05) is 37.2 Å². The van der Waals surface area contributed by atoms with Gasteiger partial charge in [-0.3, -0.25) is 4.79 Å². The molecule has 1 fully saturated rings. The Hall–Kier alpha value is -2.41. The summed E-state index contributed by atoms with van der Waals surface area (Å²) in [5.41, 5.74) is 1.19. The summed E-state index contributed by atoms with van der Waals surface area (Å²) >= 11 is 0. The van der Waals surface area contributed by atoms with Gasteiger partial charge < -0.3 is 19.0 Å². The highest BCUT2D eigenvalue weighted by molar-refractivity contribution is 5.93. The Balaban J connectivity index is 1.77. The third kappa shape index (κ3) is 3.19. The van der Waals surface area contributed by atoms with E-state index in [-0.39, 0.29) is 12.0 Å². The Morgan fingerprint density at radius 3 is 2.91 bits per heavy atom. The molecule has 1 amide bonds. The molecule has 0 bridgehead atoms. The minimum absolute atomic E-state index is 0.131. The van der Waals surface area contributed by atoms with Crippen LogP contribution in [0.3, 0.4) is 0 Å². The van der Waals surface area contributed by atoms with Crippen LogP contribution in [-0.4, -0.2) is 54.6 Å². The molecule has 3 heterocycles. The van der Waals surface area contributed by atoms with E-state index in [9.17, 15) is 4.79 Å². The predicted octanol–water partition coefficient (Wildman–Crippen LogP) is 1.66. The Morgan fingerprint density at radius 2 is 2.22 bits per heavy atom. The Labute approximate surface area is 134 Å². The molecule has 0 radical (unpaired) electrons. The quantitative estimate of drug-likeness (QED) is 0.857. The first-order chi connectivity index (χ1) is 11.1. The Bertz CT molecular complexity index is 698. The molecule has 1 saturated heterocycles. The second-order valence-electron chi connectivity index (χ2n) is 5.68. The molecule has 1 aliphatic rings. The summed E-state index contributed by atoms with van der Waals surface area (Å²) in [6, 6.07) is 5.81. The van der Waals surface area contributed by atoms with E-state index >= 15 is 0 Å². The number of oxazole rings is 1. The highest BCUT2D eigenvalue weighted by atomic mass is 16.5. The van der Waals surface area contributed by atoms with Crippen LogP contribution < -0.4 is 4.90 Å². The number of ether oxygens (including phenoxy) is 1. The number of morpholine rings is 1. The fourth-order valence-corrected chi connectivity index (χ4v) is 2.54. The molecule has 0 N–H and O–H groups in total. The van der Waals surface area contributed by atoms with Gasteiger partial charge in [0.25, 0.3) is 5.91 Å². The summed E-state index contributed by atoms with van der Waals surface area (Å²) in [6.45, 7) is 3.20. The topological polar surface area (TPSA) is 71.7 Å². The van der Waals surface area contributed by atoms with Gasteiger partial charge in [-0.1, -0.05) is 6.07 Å². The van der Waals surface area contributed by atoms with E-state index in [1.165, 1.54) is 6.39 Å². The smallest absolute Gasteiger partial charge is 0.276 e. The lowest BCUT2D eigenvalue weighted by atomic mass is 10.1. The van der Waals surface area contributed by atoms with Crippen LogP contribution in [-0.2, 0) is 4.74 Å². The molecule has 122 valence electrons. The molecule has 23 heavy (non-hydrogen) atoms. The number of carbonyl (C=O) groups excluding carboxylic acids is 1. The lowest BCUT2D eigenvalue weighted by Gasteiger charge is -2.32. The summed E-state index contributed by atoms with van der Waals surface area (Å²) in [7, 11) is 3.88. The molecule has 0 unspecified atom stereocenters. The van der Waals surface area contributed by atoms with E-state index in [1.54, 1.807) is 11.8 Å². The first kappa shape index (κ1) is 15.5. The zero-order valence-electron chi connectivity index (χ0n) is 13.5. The summed E-state index contributed by atoms with van der Waals surface area (Å²) in [4.78, 5) is 24.8. The van der Waals surface area contributed by atoms with Gasteiger partial charge in [-0.15, -0.1) is 0 Å². The van der Waals surface area contributed by atoms with Crippen LogP contribution >= 0.6 is 0 Å². The maximum absolute atomic E-state index is 12.6. The van der Waals surface area contributed by atoms with Gasteiger partial charge in [0.1, 0.15) is 17.7 Å². The molecule has 7 heteroatoms. The van der Waals surface area contributed by atoms with Crippen molar-refractivity contribution in [1.82, 2.24) is 14.9 Å². The summed E-state index contributed by atoms with van der Waals surface area (Å²) in [6.07, 6.45) is 1.06. The van der Waals surface area contributed by atoms with E-state index in [0.717, 1.165) is 11.5 Å². The van der Waals surface area contributed by atoms with Crippen LogP contribution in [0.5, 0.6) is 0 Å². The van der Waals surface area contributed by atoms with Crippen molar-refractivity contribution in [2.24, 2.45) is 0 Å². The maximum Gasteiger partial charge on any atom is 0.276 e. The van der Waals surface area contributed by atoms with Crippen LogP contribution in [0, 0.1) is 6.92 Å². The van der Waals surface area contributed by atoms with E-state index in [2.05, 4.69) is 9.97 Å². The van der Waals surface area contributed by atoms with Gasteiger partial charge in [-0.2, -0.15) is 0 Å². The number of amides is 1. The summed E-state index contributed by atoms with van der Waals surface area (Å²) in [5, 5.41) is 0. The van der Waals surface area contributed by atoms with Gasteiger partial charge in [0.15, 0.2) is 12.1 Å². The monoisotopic (exact) mass is 316 g/mol. The van der Waals surface area contributed by atoms with Crippen LogP contribution in [0.2, 0.25) is 0 Å². The molecule has 3 rings (SSSR count). The van der Waals surface area contributed by atoms with E-state index < -0.39 is 0 Å². The Morgan fingerprint density at radius 1 is 1.39 bits per heavy atom. The van der Waals surface area contributed by atoms with Gasteiger partial charge in [0.05, 0.1) is 18.8 Å². The van der Waals surface area contributed by atoms with Crippen LogP contribution in [0.4, 0.5) is 5.82 Å². The summed E-state index contributed by atoms with van der Waals surface area (Å²) < 4.78 is 10.9. The summed E-state index contributed by atoms with van der Waals surface area (Å²) in [5.74, 6) is 1.26. The molecule has 0 aromatic carbocycles. The fourth-order valence-electron chi connectivity index (χ4n) is 2.54. The molecule has 1 aliphatic heterocycles. The second-order valence-corrected chi connectivity index (χ2v) is 5.68. The number of nitrogens with zero attached hydrogens (tertiary/aromatic N) is 4. The number of hydrogen-bond acceptors (Lipinski definition) is 6. The van der Waals surface area contributed by atoms with Gasteiger partial charge in [-0.05, 0) is 19.1 Å². The fraction of sp³-hybridized carbons (Fsp3) is 0.438. The van der Waals surface area contributed by atoms with Gasteiger partial charge >= 0.3 is 0 Å². The van der Waals surface area contributed by atoms with E-state index in [4.69, 9.17) is 9.15 Å². The van der Waals surface area contributed by atoms with Crippen molar-refractivity contribution in [2.45, 2.75) is 13.0 Å². The van der Waals surface area contributed by atoms with Crippen molar-refractivity contribution in [3.05, 3.63) is 41.7 Å². The highest BCUT2D eigenvalue weighted by Gasteiger charge is 2.29. The number of anilines is 1. The lowest BCUT2D eigenvalue weighted by molar-refractivity contribution is -0.0249. The first-order valence-electron chi connectivity index (χ1n) is 7.51. The normalized spacial score (nSPS) is 18.0. The molecule has 7 nitrogen and oxygen atoms in total. The largest absolute Gasteiger partial charge is 0.448 e. The van der Waals surface area contributed by atoms with Crippen molar-refractivity contribution in [2.75, 3.05) is 38.7 Å². The van der Waals surface area contributed by atoms with Crippen molar-refractivity contribution in [1.29, 1.82) is 0 Å². The van der Waals surface area contributed by atoms with Crippen molar-refractivity contribution >= 4 is 11.7 Å². The molecule has 0 aliphatic carbocycles. The molecule has 2 aromatic rings. The third-order valence-corrected chi connectivity index (χ3v) is 3.85. The number of aryl methyl sites for hydroxylation is 1. The zero-order chi connectivity index (χ0) is 16.4. The second kappa shape index (κ2) is 6.37. The third-order valence-electron chi connectivity index (χ3n) is 3.85. The molecule has 0 saturated carbocycles. The zero-order valence-corrected chi connectivity index (χ0v) is 13.5. The van der Waals surface area contributed by atoms with Crippen molar-refractivity contribution < 1.29 is 13.9 Å². The average Bonchev–Trinajstić information content (AvgIpc) is 3.00. The van der Waals surface area contributed by atoms with Crippen LogP contribution in [0.1, 0.15) is 28.0 Å². The molecule has 0 spiro atoms. The van der Waals surface area contributed by atoms with Gasteiger partial charge in [-0.25, -0.2) is 9.97 Å². The van der Waals surface area contributed by atoms with E-state index in [0.29, 0.717) is 31.2 Å².